The number of aryl methyl sites for hydroxylation is 1. The minimum absolute atomic E-state index is 0.151. The molecule has 1 spiro atoms. The maximum atomic E-state index is 6.92. The van der Waals surface area contributed by atoms with E-state index in [1.54, 1.807) is 14.2 Å². The Morgan fingerprint density at radius 3 is 2.82 bits per heavy atom. The first-order chi connectivity index (χ1) is 16.0. The van der Waals surface area contributed by atoms with Gasteiger partial charge in [-0.3, -0.25) is 0 Å². The number of nitrogens with zero attached hydrogens (tertiary/aromatic N) is 2. The van der Waals surface area contributed by atoms with Gasteiger partial charge >= 0.3 is 0 Å². The van der Waals surface area contributed by atoms with Crippen LogP contribution in [0, 0.1) is 6.92 Å². The second-order valence-corrected chi connectivity index (χ2v) is 11.5. The molecule has 4 heterocycles. The Kier molecular flexibility index (Phi) is 6.40. The maximum absolute atomic E-state index is 6.92. The molecule has 3 aliphatic rings. The molecule has 1 aromatic heterocycles. The number of hydrogen-bond acceptors (Lipinski definition) is 6. The highest BCUT2D eigenvalue weighted by molar-refractivity contribution is 8.24. The summed E-state index contributed by atoms with van der Waals surface area (Å²) < 4.78 is 18.7. The lowest BCUT2D eigenvalue weighted by molar-refractivity contribution is -0.0490. The number of rotatable bonds is 5. The topological polar surface area (TPSA) is 65.5 Å². The first-order valence-electron chi connectivity index (χ1n) is 11.3. The number of aromatic nitrogens is 2. The van der Waals surface area contributed by atoms with Crippen LogP contribution in [0.2, 0.25) is 0 Å². The molecule has 3 unspecified atom stereocenters. The molecule has 176 valence electrons. The smallest absolute Gasteiger partial charge is 0.126 e. The van der Waals surface area contributed by atoms with E-state index in [4.69, 9.17) is 25.8 Å². The van der Waals surface area contributed by atoms with E-state index in [2.05, 4.69) is 27.4 Å². The van der Waals surface area contributed by atoms with Gasteiger partial charge in [-0.05, 0) is 44.0 Å². The summed E-state index contributed by atoms with van der Waals surface area (Å²) in [4.78, 5) is 10.2. The molecule has 8 heteroatoms. The zero-order valence-corrected chi connectivity index (χ0v) is 20.9. The highest BCUT2D eigenvalue weighted by Gasteiger charge is 2.48. The minimum Gasteiger partial charge on any atom is -0.497 e. The number of thiol groups is 1. The van der Waals surface area contributed by atoms with Crippen molar-refractivity contribution in [2.75, 3.05) is 27.4 Å². The predicted octanol–water partition coefficient (Wildman–Crippen LogP) is 4.94. The normalized spacial score (nSPS) is 27.9. The summed E-state index contributed by atoms with van der Waals surface area (Å²) in [5.41, 5.74) is 3.30. The van der Waals surface area contributed by atoms with Crippen LogP contribution in [0.1, 0.15) is 42.3 Å². The van der Waals surface area contributed by atoms with Crippen molar-refractivity contribution in [3.05, 3.63) is 68.5 Å². The highest BCUT2D eigenvalue weighted by atomic mass is 35.5. The molecule has 1 fully saturated rings. The molecular formula is C25H30ClN3O3S. The van der Waals surface area contributed by atoms with Crippen LogP contribution < -0.4 is 14.8 Å². The summed E-state index contributed by atoms with van der Waals surface area (Å²) in [6.45, 7) is 3.52. The zero-order chi connectivity index (χ0) is 23.0. The van der Waals surface area contributed by atoms with E-state index in [1.807, 2.05) is 31.5 Å². The van der Waals surface area contributed by atoms with E-state index in [1.165, 1.54) is 10.5 Å². The van der Waals surface area contributed by atoms with Crippen molar-refractivity contribution >= 4 is 22.5 Å². The van der Waals surface area contributed by atoms with Crippen LogP contribution >= 0.6 is 22.5 Å². The van der Waals surface area contributed by atoms with Crippen molar-refractivity contribution in [3.8, 4) is 11.5 Å². The minimum atomic E-state index is -0.739. The van der Waals surface area contributed by atoms with E-state index in [9.17, 15) is 0 Å². The molecule has 0 radical (unpaired) electrons. The summed E-state index contributed by atoms with van der Waals surface area (Å²) in [5, 5.41) is 3.65. The highest BCUT2D eigenvalue weighted by Crippen LogP contribution is 2.63. The Morgan fingerprint density at radius 1 is 1.24 bits per heavy atom. The van der Waals surface area contributed by atoms with Crippen molar-refractivity contribution < 1.29 is 14.2 Å². The average Bonchev–Trinajstić information content (AvgIpc) is 3.16. The Labute approximate surface area is 202 Å². The van der Waals surface area contributed by atoms with Gasteiger partial charge in [0.1, 0.15) is 22.9 Å². The van der Waals surface area contributed by atoms with Gasteiger partial charge in [0.15, 0.2) is 0 Å². The molecule has 1 saturated heterocycles. The molecule has 3 aliphatic heterocycles. The molecule has 1 N–H and O–H groups in total. The van der Waals surface area contributed by atoms with Gasteiger partial charge in [0.25, 0.3) is 0 Å². The first-order valence-corrected chi connectivity index (χ1v) is 13.2. The molecule has 3 atom stereocenters. The Hall–Kier alpha value is -2.06. The molecule has 5 rings (SSSR count). The monoisotopic (exact) mass is 487 g/mol. The Balaban J connectivity index is 1.47. The average molecular weight is 488 g/mol. The summed E-state index contributed by atoms with van der Waals surface area (Å²) in [5.74, 6) is 3.23. The molecule has 0 bridgehead atoms. The van der Waals surface area contributed by atoms with Gasteiger partial charge in [-0.2, -0.15) is 10.9 Å². The third-order valence-corrected chi connectivity index (χ3v) is 10.0. The van der Waals surface area contributed by atoms with Gasteiger partial charge in [0.2, 0.25) is 0 Å². The number of fused-ring (bicyclic) bond motifs is 1. The van der Waals surface area contributed by atoms with E-state index in [0.29, 0.717) is 0 Å². The lowest BCUT2D eigenvalue weighted by Crippen LogP contribution is -2.48. The molecule has 0 amide bonds. The van der Waals surface area contributed by atoms with Crippen LogP contribution in [0.5, 0.6) is 11.5 Å². The molecule has 6 nitrogen and oxygen atoms in total. The third kappa shape index (κ3) is 4.28. The molecule has 0 aliphatic carbocycles. The molecule has 2 aromatic rings. The Morgan fingerprint density at radius 2 is 2.06 bits per heavy atom. The van der Waals surface area contributed by atoms with Gasteiger partial charge in [0, 0.05) is 52.7 Å². The quantitative estimate of drug-likeness (QED) is 0.583. The van der Waals surface area contributed by atoms with Gasteiger partial charge in [-0.15, -0.1) is 0 Å². The number of hydrogen-bond donors (Lipinski definition) is 2. The number of nitrogens with one attached hydrogen (secondary N) is 1. The number of halogens is 1. The third-order valence-electron chi connectivity index (χ3n) is 6.79. The van der Waals surface area contributed by atoms with Crippen LogP contribution in [-0.2, 0) is 10.5 Å². The fraction of sp³-hybridized carbons (Fsp3) is 0.440. The Bertz CT molecular complexity index is 1100. The van der Waals surface area contributed by atoms with Gasteiger partial charge in [0.05, 0.1) is 25.2 Å². The second-order valence-electron chi connectivity index (χ2n) is 8.72. The van der Waals surface area contributed by atoms with E-state index in [0.717, 1.165) is 71.0 Å². The first kappa shape index (κ1) is 22.7. The molecular weight excluding hydrogens is 458 g/mol. The van der Waals surface area contributed by atoms with Crippen LogP contribution in [-0.4, -0.2) is 42.9 Å². The van der Waals surface area contributed by atoms with Gasteiger partial charge in [-0.25, -0.2) is 9.97 Å². The number of methoxy groups -OCH3 is 2. The van der Waals surface area contributed by atoms with Gasteiger partial charge < -0.3 is 19.5 Å². The van der Waals surface area contributed by atoms with Crippen molar-refractivity contribution in [1.29, 1.82) is 0 Å². The summed E-state index contributed by atoms with van der Waals surface area (Å²) in [7, 11) is 2.63. The largest absolute Gasteiger partial charge is 0.497 e. The fourth-order valence-corrected chi connectivity index (χ4v) is 8.43. The standard InChI is InChI=1S/C25H30ClN3O3S/c1-16-28-13-19(14-29-16)21-12-25(7-8-27-21)24-17(6-9-32-25)10-23(26)33(24)15-18-4-5-20(30-2)11-22(18)31-3/h4-5,10-11,13-14,21,27,33H,6-9,12,15H2,1-3H3. The number of piperidine rings is 1. The summed E-state index contributed by atoms with van der Waals surface area (Å²) in [6.07, 6.45) is 8.77. The second kappa shape index (κ2) is 9.29. The van der Waals surface area contributed by atoms with E-state index < -0.39 is 10.9 Å². The van der Waals surface area contributed by atoms with Crippen LogP contribution in [0.4, 0.5) is 0 Å². The number of benzene rings is 1. The lowest BCUT2D eigenvalue weighted by Gasteiger charge is -2.47. The fourth-order valence-electron chi connectivity index (χ4n) is 5.15. The van der Waals surface area contributed by atoms with Crippen LogP contribution in [0.15, 0.2) is 51.5 Å². The van der Waals surface area contributed by atoms with E-state index >= 15 is 0 Å². The van der Waals surface area contributed by atoms with Crippen molar-refractivity contribution in [3.63, 3.8) is 0 Å². The molecule has 0 saturated carbocycles. The van der Waals surface area contributed by atoms with Gasteiger partial charge in [-0.1, -0.05) is 17.7 Å². The summed E-state index contributed by atoms with van der Waals surface area (Å²) in [6, 6.07) is 6.17. The van der Waals surface area contributed by atoms with Crippen LogP contribution in [0.25, 0.3) is 0 Å². The SMILES string of the molecule is COc1ccc(C[SH]2C(Cl)=CC3=C2C2(CCNC(c4cnc(C)nc4)C2)OCC3)c(OC)c1. The predicted molar refractivity (Wildman–Crippen MR) is 133 cm³/mol. The number of ether oxygens (including phenoxy) is 3. The van der Waals surface area contributed by atoms with Crippen molar-refractivity contribution in [1.82, 2.24) is 15.3 Å². The molecule has 33 heavy (non-hydrogen) atoms. The number of allylic oxidation sites excluding steroid dienone is 1. The van der Waals surface area contributed by atoms with Crippen molar-refractivity contribution in [2.24, 2.45) is 0 Å². The zero-order valence-electron chi connectivity index (χ0n) is 19.2. The van der Waals surface area contributed by atoms with E-state index in [-0.39, 0.29) is 11.6 Å². The lowest BCUT2D eigenvalue weighted by atomic mass is 9.82. The van der Waals surface area contributed by atoms with Crippen LogP contribution in [0.3, 0.4) is 0 Å². The van der Waals surface area contributed by atoms with Crippen molar-refractivity contribution in [2.45, 2.75) is 43.6 Å². The molecule has 1 aromatic carbocycles. The maximum Gasteiger partial charge on any atom is 0.126 e. The summed E-state index contributed by atoms with van der Waals surface area (Å²) >= 11 is 6.92.